The molecule has 0 bridgehead atoms. The van der Waals surface area contributed by atoms with E-state index in [4.69, 9.17) is 21.4 Å². The highest BCUT2D eigenvalue weighted by atomic mass is 35.5. The second kappa shape index (κ2) is 6.28. The molecule has 1 aliphatic heterocycles. The van der Waals surface area contributed by atoms with Crippen LogP contribution in [0, 0.1) is 5.92 Å². The second-order valence-electron chi connectivity index (χ2n) is 4.80. The molecule has 2 N–H and O–H groups in total. The van der Waals surface area contributed by atoms with Crippen molar-refractivity contribution >= 4 is 23.5 Å². The molecule has 20 heavy (non-hydrogen) atoms. The van der Waals surface area contributed by atoms with Crippen LogP contribution in [0.2, 0.25) is 5.02 Å². The minimum atomic E-state index is -0.963. The Labute approximate surface area is 121 Å². The molecule has 1 saturated heterocycles. The van der Waals surface area contributed by atoms with Gasteiger partial charge < -0.3 is 19.7 Å². The number of amides is 1. The van der Waals surface area contributed by atoms with Gasteiger partial charge in [-0.25, -0.2) is 0 Å². The molecule has 110 valence electrons. The average molecular weight is 301 g/mol. The standard InChI is InChI=1S/C13H17ClN2O4/c1-2-3-16-5-8(14)4-11(16)12(17)15-10-7-20-6-9(10)13(18)19/h4-5,9-10H,2-3,6-7H2,1H3,(H,15,17)(H,18,19). The van der Waals surface area contributed by atoms with E-state index < -0.39 is 17.9 Å². The first-order valence-corrected chi connectivity index (χ1v) is 6.87. The van der Waals surface area contributed by atoms with Gasteiger partial charge in [0.1, 0.15) is 11.6 Å². The third kappa shape index (κ3) is 3.13. The second-order valence-corrected chi connectivity index (χ2v) is 5.24. The number of hydrogen-bond acceptors (Lipinski definition) is 3. The molecule has 1 fully saturated rings. The highest BCUT2D eigenvalue weighted by Gasteiger charge is 2.35. The predicted octanol–water partition coefficient (Wildman–Crippen LogP) is 1.38. The number of carbonyl (C=O) groups excluding carboxylic acids is 1. The maximum atomic E-state index is 12.2. The van der Waals surface area contributed by atoms with Crippen LogP contribution in [0.3, 0.4) is 0 Å². The summed E-state index contributed by atoms with van der Waals surface area (Å²) >= 11 is 5.92. The molecule has 0 spiro atoms. The first-order valence-electron chi connectivity index (χ1n) is 6.50. The summed E-state index contributed by atoms with van der Waals surface area (Å²) in [5, 5.41) is 12.3. The van der Waals surface area contributed by atoms with Gasteiger partial charge in [-0.15, -0.1) is 0 Å². The Morgan fingerprint density at radius 3 is 2.95 bits per heavy atom. The summed E-state index contributed by atoms with van der Waals surface area (Å²) in [6, 6.07) is 1.07. The summed E-state index contributed by atoms with van der Waals surface area (Å²) in [7, 11) is 0. The van der Waals surface area contributed by atoms with E-state index in [-0.39, 0.29) is 19.1 Å². The van der Waals surface area contributed by atoms with Crippen LogP contribution in [-0.4, -0.2) is 40.8 Å². The first kappa shape index (κ1) is 14.9. The van der Waals surface area contributed by atoms with Crippen LogP contribution in [-0.2, 0) is 16.1 Å². The third-order valence-corrected chi connectivity index (χ3v) is 3.48. The number of ether oxygens (including phenoxy) is 1. The van der Waals surface area contributed by atoms with Gasteiger partial charge in [0.25, 0.3) is 5.91 Å². The fourth-order valence-electron chi connectivity index (χ4n) is 2.27. The van der Waals surface area contributed by atoms with Crippen LogP contribution in [0.15, 0.2) is 12.3 Å². The number of nitrogens with one attached hydrogen (secondary N) is 1. The monoisotopic (exact) mass is 300 g/mol. The van der Waals surface area contributed by atoms with Gasteiger partial charge in [-0.1, -0.05) is 18.5 Å². The SMILES string of the molecule is CCCn1cc(Cl)cc1C(=O)NC1COCC1C(=O)O. The van der Waals surface area contributed by atoms with Crippen LogP contribution in [0.4, 0.5) is 0 Å². The van der Waals surface area contributed by atoms with E-state index in [1.807, 2.05) is 6.92 Å². The van der Waals surface area contributed by atoms with E-state index in [1.165, 1.54) is 0 Å². The van der Waals surface area contributed by atoms with Crippen molar-refractivity contribution in [2.45, 2.75) is 25.9 Å². The Kier molecular flexibility index (Phi) is 4.67. The van der Waals surface area contributed by atoms with Crippen LogP contribution < -0.4 is 5.32 Å². The third-order valence-electron chi connectivity index (χ3n) is 3.27. The Bertz CT molecular complexity index is 514. The van der Waals surface area contributed by atoms with Crippen molar-refractivity contribution in [1.82, 2.24) is 9.88 Å². The number of hydrogen-bond donors (Lipinski definition) is 2. The maximum Gasteiger partial charge on any atom is 0.311 e. The minimum absolute atomic E-state index is 0.122. The normalized spacial score (nSPS) is 21.9. The van der Waals surface area contributed by atoms with E-state index in [0.29, 0.717) is 17.3 Å². The summed E-state index contributed by atoms with van der Waals surface area (Å²) in [5.74, 6) is -1.99. The number of aliphatic carboxylic acids is 1. The zero-order chi connectivity index (χ0) is 14.7. The Hall–Kier alpha value is -1.53. The number of carboxylic acids is 1. The maximum absolute atomic E-state index is 12.2. The van der Waals surface area contributed by atoms with Crippen LogP contribution in [0.5, 0.6) is 0 Å². The van der Waals surface area contributed by atoms with Gasteiger partial charge in [0.2, 0.25) is 0 Å². The number of carboxylic acid groups (broad SMARTS) is 1. The lowest BCUT2D eigenvalue weighted by molar-refractivity contribution is -0.142. The van der Waals surface area contributed by atoms with E-state index in [1.54, 1.807) is 16.8 Å². The molecule has 0 aliphatic carbocycles. The van der Waals surface area contributed by atoms with Crippen molar-refractivity contribution in [2.75, 3.05) is 13.2 Å². The van der Waals surface area contributed by atoms with Gasteiger partial charge in [0.05, 0.1) is 24.3 Å². The fraction of sp³-hybridized carbons (Fsp3) is 0.538. The lowest BCUT2D eigenvalue weighted by atomic mass is 10.0. The van der Waals surface area contributed by atoms with E-state index in [9.17, 15) is 9.59 Å². The molecule has 2 unspecified atom stereocenters. The average Bonchev–Trinajstić information content (AvgIpc) is 2.96. The molecule has 0 radical (unpaired) electrons. The Morgan fingerprint density at radius 2 is 2.30 bits per heavy atom. The van der Waals surface area contributed by atoms with Crippen molar-refractivity contribution in [1.29, 1.82) is 0 Å². The van der Waals surface area contributed by atoms with Crippen LogP contribution in [0.1, 0.15) is 23.8 Å². The molecule has 2 heterocycles. The van der Waals surface area contributed by atoms with Gasteiger partial charge in [-0.3, -0.25) is 9.59 Å². The number of nitrogens with zero attached hydrogens (tertiary/aromatic N) is 1. The summed E-state index contributed by atoms with van der Waals surface area (Å²) in [5.41, 5.74) is 0.438. The zero-order valence-corrected chi connectivity index (χ0v) is 11.9. The number of rotatable bonds is 5. The predicted molar refractivity (Wildman–Crippen MR) is 72.9 cm³/mol. The van der Waals surface area contributed by atoms with Gasteiger partial charge in [-0.05, 0) is 12.5 Å². The molecule has 7 heteroatoms. The lowest BCUT2D eigenvalue weighted by Gasteiger charge is -2.16. The minimum Gasteiger partial charge on any atom is -0.481 e. The molecule has 6 nitrogen and oxygen atoms in total. The van der Waals surface area contributed by atoms with Crippen molar-refractivity contribution in [2.24, 2.45) is 5.92 Å². The number of halogens is 1. The van der Waals surface area contributed by atoms with Crippen LogP contribution >= 0.6 is 11.6 Å². The van der Waals surface area contributed by atoms with Gasteiger partial charge >= 0.3 is 5.97 Å². The molecule has 0 saturated carbocycles. The number of carbonyl (C=O) groups is 2. The number of aryl methyl sites for hydroxylation is 1. The molecule has 1 aromatic rings. The number of aromatic nitrogens is 1. The largest absolute Gasteiger partial charge is 0.481 e. The van der Waals surface area contributed by atoms with Crippen molar-refractivity contribution in [3.8, 4) is 0 Å². The summed E-state index contributed by atoms with van der Waals surface area (Å²) in [6.45, 7) is 3.02. The zero-order valence-electron chi connectivity index (χ0n) is 11.1. The smallest absolute Gasteiger partial charge is 0.311 e. The molecule has 1 amide bonds. The highest BCUT2D eigenvalue weighted by Crippen LogP contribution is 2.17. The molecular weight excluding hydrogens is 284 g/mol. The van der Waals surface area contributed by atoms with Gasteiger partial charge in [0, 0.05) is 12.7 Å². The molecule has 2 atom stereocenters. The van der Waals surface area contributed by atoms with Crippen molar-refractivity contribution < 1.29 is 19.4 Å². The first-order chi connectivity index (χ1) is 9.52. The summed E-state index contributed by atoms with van der Waals surface area (Å²) < 4.78 is 6.89. The molecule has 2 rings (SSSR count). The Balaban J connectivity index is 2.10. The quantitative estimate of drug-likeness (QED) is 0.861. The van der Waals surface area contributed by atoms with E-state index >= 15 is 0 Å². The van der Waals surface area contributed by atoms with E-state index in [2.05, 4.69) is 5.32 Å². The molecular formula is C13H17ClN2O4. The van der Waals surface area contributed by atoms with Crippen LogP contribution in [0.25, 0.3) is 0 Å². The topological polar surface area (TPSA) is 80.6 Å². The van der Waals surface area contributed by atoms with Crippen molar-refractivity contribution in [3.05, 3.63) is 23.0 Å². The van der Waals surface area contributed by atoms with E-state index in [0.717, 1.165) is 6.42 Å². The molecule has 1 aliphatic rings. The highest BCUT2D eigenvalue weighted by molar-refractivity contribution is 6.31. The van der Waals surface area contributed by atoms with Gasteiger partial charge in [0.15, 0.2) is 0 Å². The summed E-state index contributed by atoms with van der Waals surface area (Å²) in [4.78, 5) is 23.3. The summed E-state index contributed by atoms with van der Waals surface area (Å²) in [6.07, 6.45) is 2.56. The Morgan fingerprint density at radius 1 is 1.55 bits per heavy atom. The van der Waals surface area contributed by atoms with Gasteiger partial charge in [-0.2, -0.15) is 0 Å². The fourth-order valence-corrected chi connectivity index (χ4v) is 2.49. The van der Waals surface area contributed by atoms with Crippen molar-refractivity contribution in [3.63, 3.8) is 0 Å². The molecule has 0 aromatic carbocycles. The molecule has 1 aromatic heterocycles. The lowest BCUT2D eigenvalue weighted by Crippen LogP contribution is -2.43.